The fraction of sp³-hybridized carbons (Fsp3) is 0.263. The lowest BCUT2D eigenvalue weighted by Crippen LogP contribution is -2.33. The van der Waals surface area contributed by atoms with Crippen LogP contribution in [0.4, 0.5) is 11.5 Å². The van der Waals surface area contributed by atoms with Crippen molar-refractivity contribution in [3.05, 3.63) is 42.1 Å². The quantitative estimate of drug-likeness (QED) is 0.759. The Labute approximate surface area is 140 Å². The zero-order chi connectivity index (χ0) is 16.7. The van der Waals surface area contributed by atoms with Crippen LogP contribution in [-0.2, 0) is 11.2 Å². The summed E-state index contributed by atoms with van der Waals surface area (Å²) in [5, 5.41) is 4.22. The number of nitrogens with one attached hydrogen (secondary N) is 2. The summed E-state index contributed by atoms with van der Waals surface area (Å²) in [5.74, 6) is 0.945. The second kappa shape index (κ2) is 5.67. The van der Waals surface area contributed by atoms with Gasteiger partial charge in [0, 0.05) is 37.8 Å². The maximum absolute atomic E-state index is 11.8. The number of pyridine rings is 1. The van der Waals surface area contributed by atoms with Gasteiger partial charge in [0.15, 0.2) is 0 Å². The van der Waals surface area contributed by atoms with Gasteiger partial charge in [0.25, 0.3) is 0 Å². The van der Waals surface area contributed by atoms with Crippen molar-refractivity contribution < 1.29 is 4.79 Å². The average molecular weight is 320 g/mol. The van der Waals surface area contributed by atoms with Crippen molar-refractivity contribution in [3.8, 4) is 11.1 Å². The molecular formula is C19H20N4O. The molecule has 1 aliphatic rings. The van der Waals surface area contributed by atoms with Crippen LogP contribution in [-0.4, -0.2) is 29.5 Å². The molecule has 0 fully saturated rings. The predicted octanol–water partition coefficient (Wildman–Crippen LogP) is 3.57. The van der Waals surface area contributed by atoms with Crippen molar-refractivity contribution in [2.75, 3.05) is 23.8 Å². The highest BCUT2D eigenvalue weighted by atomic mass is 16.2. The summed E-state index contributed by atoms with van der Waals surface area (Å²) in [6.07, 6.45) is 3.93. The molecule has 0 aliphatic carbocycles. The maximum Gasteiger partial charge on any atom is 0.223 e. The first-order valence-electron chi connectivity index (χ1n) is 8.24. The molecule has 2 aromatic heterocycles. The Bertz CT molecular complexity index is 928. The van der Waals surface area contributed by atoms with Gasteiger partial charge in [-0.2, -0.15) is 0 Å². The van der Waals surface area contributed by atoms with Crippen LogP contribution < -0.4 is 10.2 Å². The van der Waals surface area contributed by atoms with Gasteiger partial charge < -0.3 is 15.2 Å². The Morgan fingerprint density at radius 3 is 2.96 bits per heavy atom. The van der Waals surface area contributed by atoms with Crippen LogP contribution in [0, 0.1) is 0 Å². The fourth-order valence-electron chi connectivity index (χ4n) is 3.50. The number of anilines is 2. The first-order chi connectivity index (χ1) is 11.7. The van der Waals surface area contributed by atoms with Crippen molar-refractivity contribution in [2.45, 2.75) is 19.8 Å². The number of carbonyl (C=O) groups is 1. The number of rotatable bonds is 2. The Hall–Kier alpha value is -2.82. The summed E-state index contributed by atoms with van der Waals surface area (Å²) in [6.45, 7) is 2.44. The summed E-state index contributed by atoms with van der Waals surface area (Å²) >= 11 is 0. The number of aromatic nitrogens is 2. The summed E-state index contributed by atoms with van der Waals surface area (Å²) in [6, 6.07) is 10.5. The number of aryl methyl sites for hydroxylation is 1. The predicted molar refractivity (Wildman–Crippen MR) is 97.4 cm³/mol. The molecule has 0 bridgehead atoms. The minimum absolute atomic E-state index is 0.109. The second-order valence-corrected chi connectivity index (χ2v) is 6.16. The van der Waals surface area contributed by atoms with E-state index in [1.165, 1.54) is 5.56 Å². The van der Waals surface area contributed by atoms with Crippen LogP contribution >= 0.6 is 0 Å². The van der Waals surface area contributed by atoms with Crippen LogP contribution in [0.15, 0.2) is 36.5 Å². The van der Waals surface area contributed by atoms with E-state index in [0.717, 1.165) is 53.1 Å². The molecule has 0 radical (unpaired) electrons. The van der Waals surface area contributed by atoms with E-state index < -0.39 is 0 Å². The number of benzene rings is 1. The molecule has 3 aromatic rings. The van der Waals surface area contributed by atoms with Gasteiger partial charge in [-0.1, -0.05) is 6.07 Å². The molecule has 5 heteroatoms. The first-order valence-corrected chi connectivity index (χ1v) is 8.24. The molecule has 1 aromatic carbocycles. The van der Waals surface area contributed by atoms with Gasteiger partial charge >= 0.3 is 0 Å². The van der Waals surface area contributed by atoms with E-state index in [1.807, 2.05) is 18.1 Å². The van der Waals surface area contributed by atoms with Gasteiger partial charge in [-0.25, -0.2) is 4.98 Å². The van der Waals surface area contributed by atoms with Gasteiger partial charge in [0.1, 0.15) is 11.5 Å². The van der Waals surface area contributed by atoms with Crippen molar-refractivity contribution >= 4 is 28.4 Å². The minimum atomic E-state index is 0.109. The smallest absolute Gasteiger partial charge is 0.223 e. The molecule has 0 saturated carbocycles. The average Bonchev–Trinajstić information content (AvgIpc) is 3.08. The molecule has 0 saturated heterocycles. The molecule has 1 amide bonds. The highest BCUT2D eigenvalue weighted by Crippen LogP contribution is 2.35. The number of hydrogen-bond donors (Lipinski definition) is 2. The van der Waals surface area contributed by atoms with Crippen molar-refractivity contribution in [1.29, 1.82) is 0 Å². The van der Waals surface area contributed by atoms with Crippen LogP contribution in [0.1, 0.15) is 18.9 Å². The molecule has 0 unspecified atom stereocenters. The third-order valence-electron chi connectivity index (χ3n) is 4.67. The highest BCUT2D eigenvalue weighted by molar-refractivity contribution is 5.97. The van der Waals surface area contributed by atoms with E-state index in [4.69, 9.17) is 0 Å². The largest absolute Gasteiger partial charge is 0.373 e. The third-order valence-corrected chi connectivity index (χ3v) is 4.67. The summed E-state index contributed by atoms with van der Waals surface area (Å²) in [4.78, 5) is 21.4. The zero-order valence-electron chi connectivity index (χ0n) is 13.9. The van der Waals surface area contributed by atoms with Crippen molar-refractivity contribution in [3.63, 3.8) is 0 Å². The normalized spacial score (nSPS) is 13.8. The first kappa shape index (κ1) is 14.8. The highest BCUT2D eigenvalue weighted by Gasteiger charge is 2.20. The molecule has 122 valence electrons. The monoisotopic (exact) mass is 320 g/mol. The van der Waals surface area contributed by atoms with Gasteiger partial charge in [-0.15, -0.1) is 0 Å². The number of carbonyl (C=O) groups excluding carboxylic acids is 1. The molecule has 5 nitrogen and oxygen atoms in total. The molecular weight excluding hydrogens is 300 g/mol. The lowest BCUT2D eigenvalue weighted by atomic mass is 9.95. The lowest BCUT2D eigenvalue weighted by Gasteiger charge is -2.29. The van der Waals surface area contributed by atoms with Gasteiger partial charge in [0.2, 0.25) is 5.91 Å². The Kier molecular flexibility index (Phi) is 3.49. The topological polar surface area (TPSA) is 61.0 Å². The third kappa shape index (κ3) is 2.33. The molecule has 4 rings (SSSR count). The molecule has 24 heavy (non-hydrogen) atoms. The number of amides is 1. The summed E-state index contributed by atoms with van der Waals surface area (Å²) in [7, 11) is 1.87. The van der Waals surface area contributed by atoms with Crippen LogP contribution in [0.3, 0.4) is 0 Å². The van der Waals surface area contributed by atoms with E-state index in [0.29, 0.717) is 0 Å². The number of fused-ring (bicyclic) bond motifs is 2. The Morgan fingerprint density at radius 2 is 2.17 bits per heavy atom. The van der Waals surface area contributed by atoms with E-state index in [1.54, 1.807) is 6.92 Å². The zero-order valence-corrected chi connectivity index (χ0v) is 13.9. The lowest BCUT2D eigenvalue weighted by molar-refractivity contribution is -0.116. The van der Waals surface area contributed by atoms with Crippen LogP contribution in [0.25, 0.3) is 22.2 Å². The van der Waals surface area contributed by atoms with E-state index in [9.17, 15) is 4.79 Å². The van der Waals surface area contributed by atoms with Gasteiger partial charge in [-0.3, -0.25) is 4.79 Å². The maximum atomic E-state index is 11.8. The fourth-order valence-corrected chi connectivity index (χ4v) is 3.50. The molecule has 0 atom stereocenters. The van der Waals surface area contributed by atoms with Crippen molar-refractivity contribution in [1.82, 2.24) is 9.97 Å². The second-order valence-electron chi connectivity index (χ2n) is 6.16. The molecule has 3 heterocycles. The van der Waals surface area contributed by atoms with Crippen LogP contribution in [0.2, 0.25) is 0 Å². The standard InChI is InChI=1S/C19H20N4O/c1-12(24)23-9-3-4-14-10-13(5-6-17(14)23)16-11-18(20-2)22-19-15(16)7-8-21-19/h5-8,10-11H,3-4,9H2,1-2H3,(H2,20,21,22). The number of aromatic amines is 1. The SMILES string of the molecule is CNc1cc(-c2ccc3c(c2)CCCN3C(C)=O)c2cc[nH]c2n1. The molecule has 0 spiro atoms. The minimum Gasteiger partial charge on any atom is -0.373 e. The van der Waals surface area contributed by atoms with Crippen molar-refractivity contribution in [2.24, 2.45) is 0 Å². The number of H-pyrrole nitrogens is 1. The molecule has 1 aliphatic heterocycles. The van der Waals surface area contributed by atoms with E-state index >= 15 is 0 Å². The Morgan fingerprint density at radius 1 is 1.29 bits per heavy atom. The van der Waals surface area contributed by atoms with Crippen LogP contribution in [0.5, 0.6) is 0 Å². The van der Waals surface area contributed by atoms with E-state index in [-0.39, 0.29) is 5.91 Å². The molecule has 2 N–H and O–H groups in total. The van der Waals surface area contributed by atoms with E-state index in [2.05, 4.69) is 45.6 Å². The number of hydrogen-bond acceptors (Lipinski definition) is 3. The summed E-state index contributed by atoms with van der Waals surface area (Å²) in [5.41, 5.74) is 5.46. The van der Waals surface area contributed by atoms with Gasteiger partial charge in [-0.05, 0) is 53.8 Å². The number of nitrogens with zero attached hydrogens (tertiary/aromatic N) is 2. The van der Waals surface area contributed by atoms with Gasteiger partial charge in [0.05, 0.1) is 0 Å². The Balaban J connectivity index is 1.86. The summed E-state index contributed by atoms with van der Waals surface area (Å²) < 4.78 is 0.